The van der Waals surface area contributed by atoms with Crippen LogP contribution in [0.2, 0.25) is 0 Å². The lowest BCUT2D eigenvalue weighted by molar-refractivity contribution is -0.137. The predicted octanol–water partition coefficient (Wildman–Crippen LogP) is 1.06. The molecule has 1 unspecified atom stereocenters. The Morgan fingerprint density at radius 3 is 2.76 bits per heavy atom. The molecular formula is C12H14N2O3. The lowest BCUT2D eigenvalue weighted by Crippen LogP contribution is -2.38. The van der Waals surface area contributed by atoms with Crippen molar-refractivity contribution in [2.24, 2.45) is 5.92 Å². The van der Waals surface area contributed by atoms with Crippen LogP contribution in [0.4, 0.5) is 0 Å². The average molecular weight is 234 g/mol. The molecule has 1 aliphatic carbocycles. The second-order valence-corrected chi connectivity index (χ2v) is 4.23. The van der Waals surface area contributed by atoms with Gasteiger partial charge in [-0.25, -0.2) is 0 Å². The summed E-state index contributed by atoms with van der Waals surface area (Å²) in [4.78, 5) is 26.4. The second-order valence-electron chi connectivity index (χ2n) is 4.23. The molecule has 17 heavy (non-hydrogen) atoms. The Balaban J connectivity index is 1.98. The van der Waals surface area contributed by atoms with E-state index in [1.807, 2.05) is 0 Å². The summed E-state index contributed by atoms with van der Waals surface area (Å²) in [5, 5.41) is 11.5. The molecule has 90 valence electrons. The summed E-state index contributed by atoms with van der Waals surface area (Å²) in [5.74, 6) is -0.884. The molecule has 0 aliphatic heterocycles. The molecule has 2 N–H and O–H groups in total. The molecule has 1 heterocycles. The molecule has 0 saturated heterocycles. The Morgan fingerprint density at radius 2 is 2.24 bits per heavy atom. The molecule has 2 rings (SSSR count). The van der Waals surface area contributed by atoms with Crippen LogP contribution in [-0.2, 0) is 4.79 Å². The molecule has 1 aromatic heterocycles. The molecule has 0 bridgehead atoms. The monoisotopic (exact) mass is 234 g/mol. The van der Waals surface area contributed by atoms with Gasteiger partial charge in [0.1, 0.15) is 5.69 Å². The van der Waals surface area contributed by atoms with Gasteiger partial charge in [0.05, 0.1) is 6.42 Å². The highest BCUT2D eigenvalue weighted by Crippen LogP contribution is 2.34. The fourth-order valence-electron chi connectivity index (χ4n) is 1.76. The van der Waals surface area contributed by atoms with Crippen LogP contribution in [0.15, 0.2) is 24.4 Å². The van der Waals surface area contributed by atoms with Crippen LogP contribution < -0.4 is 5.32 Å². The van der Waals surface area contributed by atoms with E-state index in [9.17, 15) is 9.59 Å². The van der Waals surface area contributed by atoms with Crippen molar-refractivity contribution in [3.05, 3.63) is 30.1 Å². The highest BCUT2D eigenvalue weighted by Gasteiger charge is 2.33. The number of amides is 1. The van der Waals surface area contributed by atoms with E-state index in [0.717, 1.165) is 12.8 Å². The number of rotatable bonds is 5. The van der Waals surface area contributed by atoms with Crippen molar-refractivity contribution < 1.29 is 14.7 Å². The molecule has 0 radical (unpaired) electrons. The SMILES string of the molecule is O=C(O)CC(NC(=O)c1ccccn1)C1CC1. The lowest BCUT2D eigenvalue weighted by Gasteiger charge is -2.15. The minimum atomic E-state index is -0.886. The Labute approximate surface area is 98.9 Å². The molecule has 1 saturated carbocycles. The van der Waals surface area contributed by atoms with Gasteiger partial charge in [-0.15, -0.1) is 0 Å². The third kappa shape index (κ3) is 3.27. The standard InChI is InChI=1S/C12H14N2O3/c15-11(16)7-10(8-4-5-8)14-12(17)9-3-1-2-6-13-9/h1-3,6,8,10H,4-5,7H2,(H,14,17)(H,15,16). The predicted molar refractivity (Wildman–Crippen MR) is 60.5 cm³/mol. The minimum absolute atomic E-state index is 0.0246. The Bertz CT molecular complexity index is 415. The first kappa shape index (κ1) is 11.6. The molecule has 5 heteroatoms. The van der Waals surface area contributed by atoms with Crippen molar-refractivity contribution in [2.75, 3.05) is 0 Å². The number of nitrogens with zero attached hydrogens (tertiary/aromatic N) is 1. The van der Waals surface area contributed by atoms with E-state index in [4.69, 9.17) is 5.11 Å². The fourth-order valence-corrected chi connectivity index (χ4v) is 1.76. The fraction of sp³-hybridized carbons (Fsp3) is 0.417. The van der Waals surface area contributed by atoms with Gasteiger partial charge in [-0.05, 0) is 30.9 Å². The summed E-state index contributed by atoms with van der Waals surface area (Å²) in [6.45, 7) is 0. The molecule has 1 aliphatic rings. The van der Waals surface area contributed by atoms with Crippen LogP contribution in [0.3, 0.4) is 0 Å². The lowest BCUT2D eigenvalue weighted by atomic mass is 10.1. The Kier molecular flexibility index (Phi) is 3.37. The molecule has 1 atom stereocenters. The van der Waals surface area contributed by atoms with Crippen molar-refractivity contribution >= 4 is 11.9 Å². The molecule has 0 spiro atoms. The number of pyridine rings is 1. The van der Waals surface area contributed by atoms with Gasteiger partial charge in [-0.1, -0.05) is 6.07 Å². The molecule has 0 aromatic carbocycles. The summed E-state index contributed by atoms with van der Waals surface area (Å²) in [7, 11) is 0. The highest BCUT2D eigenvalue weighted by atomic mass is 16.4. The molecule has 1 aromatic rings. The first-order valence-electron chi connectivity index (χ1n) is 5.60. The van der Waals surface area contributed by atoms with E-state index < -0.39 is 5.97 Å². The van der Waals surface area contributed by atoms with Gasteiger partial charge in [0.25, 0.3) is 5.91 Å². The largest absolute Gasteiger partial charge is 0.481 e. The average Bonchev–Trinajstić information content (AvgIpc) is 3.12. The second kappa shape index (κ2) is 4.95. The quantitative estimate of drug-likeness (QED) is 0.798. The van der Waals surface area contributed by atoms with E-state index in [2.05, 4.69) is 10.3 Å². The zero-order valence-electron chi connectivity index (χ0n) is 9.30. The Morgan fingerprint density at radius 1 is 1.47 bits per heavy atom. The number of aliphatic carboxylic acids is 1. The summed E-state index contributed by atoms with van der Waals surface area (Å²) < 4.78 is 0. The van der Waals surface area contributed by atoms with Gasteiger partial charge in [-0.3, -0.25) is 14.6 Å². The number of carboxylic acid groups (broad SMARTS) is 1. The van der Waals surface area contributed by atoms with Gasteiger partial charge in [0.2, 0.25) is 0 Å². The van der Waals surface area contributed by atoms with Gasteiger partial charge in [-0.2, -0.15) is 0 Å². The molecule has 5 nitrogen and oxygen atoms in total. The highest BCUT2D eigenvalue weighted by molar-refractivity contribution is 5.92. The van der Waals surface area contributed by atoms with Crippen molar-refractivity contribution in [1.29, 1.82) is 0 Å². The van der Waals surface area contributed by atoms with Crippen molar-refractivity contribution in [3.8, 4) is 0 Å². The smallest absolute Gasteiger partial charge is 0.305 e. The number of hydrogen-bond donors (Lipinski definition) is 2. The number of aromatic nitrogens is 1. The van der Waals surface area contributed by atoms with Crippen LogP contribution in [0.1, 0.15) is 29.8 Å². The summed E-state index contributed by atoms with van der Waals surface area (Å²) in [6.07, 6.45) is 3.49. The van der Waals surface area contributed by atoms with Crippen molar-refractivity contribution in [3.63, 3.8) is 0 Å². The number of hydrogen-bond acceptors (Lipinski definition) is 3. The van der Waals surface area contributed by atoms with Gasteiger partial charge in [0.15, 0.2) is 0 Å². The maximum absolute atomic E-state index is 11.8. The van der Waals surface area contributed by atoms with Crippen LogP contribution in [0.5, 0.6) is 0 Å². The first-order valence-corrected chi connectivity index (χ1v) is 5.60. The summed E-state index contributed by atoms with van der Waals surface area (Å²) >= 11 is 0. The molecule has 1 amide bonds. The zero-order valence-corrected chi connectivity index (χ0v) is 9.30. The van der Waals surface area contributed by atoms with Crippen LogP contribution in [-0.4, -0.2) is 28.0 Å². The first-order chi connectivity index (χ1) is 8.16. The number of carbonyl (C=O) groups excluding carboxylic acids is 1. The number of nitrogens with one attached hydrogen (secondary N) is 1. The normalized spacial score (nSPS) is 16.2. The zero-order chi connectivity index (χ0) is 12.3. The Hall–Kier alpha value is -1.91. The summed E-state index contributed by atoms with van der Waals surface area (Å²) in [6, 6.07) is 4.79. The van der Waals surface area contributed by atoms with E-state index in [-0.39, 0.29) is 18.4 Å². The minimum Gasteiger partial charge on any atom is -0.481 e. The van der Waals surface area contributed by atoms with Crippen LogP contribution in [0, 0.1) is 5.92 Å². The van der Waals surface area contributed by atoms with Gasteiger partial charge >= 0.3 is 5.97 Å². The van der Waals surface area contributed by atoms with E-state index >= 15 is 0 Å². The van der Waals surface area contributed by atoms with Crippen LogP contribution >= 0.6 is 0 Å². The molecule has 1 fully saturated rings. The maximum atomic E-state index is 11.8. The third-order valence-corrected chi connectivity index (χ3v) is 2.80. The van der Waals surface area contributed by atoms with Gasteiger partial charge in [0, 0.05) is 12.2 Å². The summed E-state index contributed by atoms with van der Waals surface area (Å²) in [5.41, 5.74) is 0.323. The van der Waals surface area contributed by atoms with E-state index in [1.54, 1.807) is 18.2 Å². The van der Waals surface area contributed by atoms with Crippen molar-refractivity contribution in [1.82, 2.24) is 10.3 Å². The van der Waals surface area contributed by atoms with Crippen LogP contribution in [0.25, 0.3) is 0 Å². The van der Waals surface area contributed by atoms with Crippen molar-refractivity contribution in [2.45, 2.75) is 25.3 Å². The number of carboxylic acids is 1. The maximum Gasteiger partial charge on any atom is 0.305 e. The van der Waals surface area contributed by atoms with Gasteiger partial charge < -0.3 is 10.4 Å². The third-order valence-electron chi connectivity index (χ3n) is 2.80. The number of carbonyl (C=O) groups is 2. The molecular weight excluding hydrogens is 220 g/mol. The van der Waals surface area contributed by atoms with E-state index in [1.165, 1.54) is 6.20 Å². The van der Waals surface area contributed by atoms with E-state index in [0.29, 0.717) is 11.6 Å². The topological polar surface area (TPSA) is 79.3 Å².